The van der Waals surface area contributed by atoms with Gasteiger partial charge in [-0.3, -0.25) is 4.79 Å². The fourth-order valence-electron chi connectivity index (χ4n) is 4.97. The molecule has 0 bridgehead atoms. The van der Waals surface area contributed by atoms with Crippen molar-refractivity contribution in [2.45, 2.75) is 103 Å². The molecule has 2 nitrogen and oxygen atoms in total. The summed E-state index contributed by atoms with van der Waals surface area (Å²) in [6.07, 6.45) is 23.8. The molecule has 1 heterocycles. The van der Waals surface area contributed by atoms with E-state index in [1.54, 1.807) is 0 Å². The lowest BCUT2D eigenvalue weighted by molar-refractivity contribution is -0.157. The van der Waals surface area contributed by atoms with Gasteiger partial charge in [-0.05, 0) is 37.2 Å². The minimum absolute atomic E-state index is 0.0252. The van der Waals surface area contributed by atoms with E-state index in [-0.39, 0.29) is 11.9 Å². The van der Waals surface area contributed by atoms with Crippen LogP contribution in [-0.4, -0.2) is 5.97 Å². The molecule has 3 fully saturated rings. The first-order chi connectivity index (χ1) is 11.8. The summed E-state index contributed by atoms with van der Waals surface area (Å²) in [5.41, 5.74) is 0. The van der Waals surface area contributed by atoms with Crippen LogP contribution in [0.15, 0.2) is 11.8 Å². The van der Waals surface area contributed by atoms with Gasteiger partial charge in [0.1, 0.15) is 11.7 Å². The van der Waals surface area contributed by atoms with Gasteiger partial charge < -0.3 is 4.74 Å². The Morgan fingerprint density at radius 1 is 0.792 bits per heavy atom. The molecule has 0 radical (unpaired) electrons. The van der Waals surface area contributed by atoms with Crippen LogP contribution < -0.4 is 0 Å². The molecule has 0 aromatic heterocycles. The first-order valence-corrected chi connectivity index (χ1v) is 10.7. The van der Waals surface area contributed by atoms with Crippen LogP contribution in [0.5, 0.6) is 0 Å². The van der Waals surface area contributed by atoms with Crippen molar-refractivity contribution in [3.63, 3.8) is 0 Å². The molecule has 2 heteroatoms. The third kappa shape index (κ3) is 5.36. The predicted molar refractivity (Wildman–Crippen MR) is 98.5 cm³/mol. The van der Waals surface area contributed by atoms with Crippen molar-refractivity contribution in [2.75, 3.05) is 0 Å². The molecule has 0 N–H and O–H groups in total. The molecule has 0 amide bonds. The summed E-state index contributed by atoms with van der Waals surface area (Å²) < 4.78 is 5.31. The van der Waals surface area contributed by atoms with E-state index in [1.165, 1.54) is 89.9 Å². The Hall–Kier alpha value is -0.790. The Morgan fingerprint density at radius 2 is 1.38 bits per heavy atom. The van der Waals surface area contributed by atoms with Gasteiger partial charge in [0.2, 0.25) is 0 Å². The lowest BCUT2D eigenvalue weighted by atomic mass is 9.84. The van der Waals surface area contributed by atoms with Crippen LogP contribution in [-0.2, 0) is 9.53 Å². The molecule has 0 aromatic rings. The third-order valence-electron chi connectivity index (χ3n) is 6.56. The van der Waals surface area contributed by atoms with E-state index in [9.17, 15) is 4.79 Å². The minimum atomic E-state index is 0.0252. The highest BCUT2D eigenvalue weighted by Gasteiger charge is 2.36. The molecule has 2 saturated carbocycles. The zero-order valence-electron chi connectivity index (χ0n) is 15.4. The van der Waals surface area contributed by atoms with Crippen molar-refractivity contribution in [3.8, 4) is 0 Å². The Balaban J connectivity index is 1.30. The summed E-state index contributed by atoms with van der Waals surface area (Å²) in [6.45, 7) is 0. The number of esters is 1. The largest absolute Gasteiger partial charge is 0.430 e. The molecule has 3 rings (SSSR count). The van der Waals surface area contributed by atoms with E-state index in [4.69, 9.17) is 4.74 Å². The van der Waals surface area contributed by atoms with E-state index < -0.39 is 0 Å². The molecular formula is C22H36O2. The summed E-state index contributed by atoms with van der Waals surface area (Å²) in [7, 11) is 0. The number of hydrogen-bond donors (Lipinski definition) is 0. The highest BCUT2D eigenvalue weighted by molar-refractivity contribution is 5.82. The highest BCUT2D eigenvalue weighted by atomic mass is 16.6. The molecule has 3 aliphatic rings. The van der Waals surface area contributed by atoms with Crippen LogP contribution in [0.4, 0.5) is 0 Å². The molecule has 1 unspecified atom stereocenters. The summed E-state index contributed by atoms with van der Waals surface area (Å²) in [4.78, 5) is 11.7. The zero-order chi connectivity index (χ0) is 16.6. The summed E-state index contributed by atoms with van der Waals surface area (Å²) in [5.74, 6) is 3.01. The van der Waals surface area contributed by atoms with Crippen LogP contribution in [0.1, 0.15) is 103 Å². The Kier molecular flexibility index (Phi) is 7.23. The van der Waals surface area contributed by atoms with E-state index in [1.807, 2.05) is 0 Å². The van der Waals surface area contributed by atoms with Crippen molar-refractivity contribution in [1.29, 1.82) is 0 Å². The maximum Gasteiger partial charge on any atom is 0.321 e. The average Bonchev–Trinajstić information content (AvgIpc) is 2.63. The molecule has 1 saturated heterocycles. The van der Waals surface area contributed by atoms with Gasteiger partial charge in [-0.15, -0.1) is 0 Å². The lowest BCUT2D eigenvalue weighted by Crippen LogP contribution is -2.32. The number of allylic oxidation sites excluding steroid dienone is 1. The second-order valence-corrected chi connectivity index (χ2v) is 8.45. The molecule has 1 aliphatic heterocycles. The number of unbranched alkanes of at least 4 members (excludes halogenated alkanes) is 1. The van der Waals surface area contributed by atoms with Gasteiger partial charge in [0.15, 0.2) is 0 Å². The normalized spacial score (nSPS) is 27.9. The van der Waals surface area contributed by atoms with Gasteiger partial charge in [-0.2, -0.15) is 0 Å². The molecule has 0 aromatic carbocycles. The van der Waals surface area contributed by atoms with E-state index in [2.05, 4.69) is 6.08 Å². The third-order valence-corrected chi connectivity index (χ3v) is 6.56. The van der Waals surface area contributed by atoms with Gasteiger partial charge >= 0.3 is 5.97 Å². The summed E-state index contributed by atoms with van der Waals surface area (Å²) in [5, 5.41) is 0. The Morgan fingerprint density at radius 3 is 1.96 bits per heavy atom. The number of cyclic esters (lactones) is 1. The maximum atomic E-state index is 11.7. The minimum Gasteiger partial charge on any atom is -0.430 e. The number of carbonyl (C=O) groups is 1. The van der Waals surface area contributed by atoms with Gasteiger partial charge in [-0.25, -0.2) is 0 Å². The quantitative estimate of drug-likeness (QED) is 0.372. The van der Waals surface area contributed by atoms with Crippen molar-refractivity contribution >= 4 is 5.97 Å². The zero-order valence-corrected chi connectivity index (χ0v) is 15.4. The fourth-order valence-corrected chi connectivity index (χ4v) is 4.97. The number of rotatable bonds is 8. The smallest absolute Gasteiger partial charge is 0.321 e. The second-order valence-electron chi connectivity index (χ2n) is 8.45. The van der Waals surface area contributed by atoms with E-state index in [0.717, 1.165) is 30.4 Å². The van der Waals surface area contributed by atoms with Crippen LogP contribution in [0.2, 0.25) is 0 Å². The van der Waals surface area contributed by atoms with Gasteiger partial charge in [0.05, 0.1) is 0 Å². The van der Waals surface area contributed by atoms with Crippen molar-refractivity contribution in [2.24, 2.45) is 17.8 Å². The van der Waals surface area contributed by atoms with Crippen LogP contribution in [0.3, 0.4) is 0 Å². The standard InChI is InChI=1S/C22H36O2/c23-22-20(16-9-15-19-12-5-2-6-13-19)21(24-22)17-8-7-14-18-10-3-1-4-11-18/h17-20H,1-16H2. The number of hydrogen-bond acceptors (Lipinski definition) is 2. The fraction of sp³-hybridized carbons (Fsp3) is 0.864. The van der Waals surface area contributed by atoms with Crippen LogP contribution >= 0.6 is 0 Å². The SMILES string of the molecule is O=C1OC(=CCCCC2CCCCC2)C1CCCC1CCCCC1. The summed E-state index contributed by atoms with van der Waals surface area (Å²) >= 11 is 0. The molecule has 2 aliphatic carbocycles. The number of ether oxygens (including phenoxy) is 1. The van der Waals surface area contributed by atoms with Crippen molar-refractivity contribution in [3.05, 3.63) is 11.8 Å². The topological polar surface area (TPSA) is 26.3 Å². The first kappa shape index (κ1) is 18.0. The molecular weight excluding hydrogens is 296 g/mol. The van der Waals surface area contributed by atoms with Gasteiger partial charge in [0, 0.05) is 0 Å². The van der Waals surface area contributed by atoms with E-state index in [0.29, 0.717) is 0 Å². The summed E-state index contributed by atoms with van der Waals surface area (Å²) in [6, 6.07) is 0. The van der Waals surface area contributed by atoms with Crippen molar-refractivity contribution < 1.29 is 9.53 Å². The second kappa shape index (κ2) is 9.63. The average molecular weight is 333 g/mol. The number of carbonyl (C=O) groups excluding carboxylic acids is 1. The Labute approximate surface area is 148 Å². The van der Waals surface area contributed by atoms with Crippen LogP contribution in [0, 0.1) is 17.8 Å². The molecule has 1 atom stereocenters. The van der Waals surface area contributed by atoms with Gasteiger partial charge in [-0.1, -0.05) is 83.5 Å². The lowest BCUT2D eigenvalue weighted by Gasteiger charge is -2.29. The monoisotopic (exact) mass is 332 g/mol. The Bertz CT molecular complexity index is 414. The maximum absolute atomic E-state index is 11.7. The molecule has 136 valence electrons. The molecule has 0 spiro atoms. The van der Waals surface area contributed by atoms with Crippen LogP contribution in [0.25, 0.3) is 0 Å². The molecule has 24 heavy (non-hydrogen) atoms. The predicted octanol–water partition coefficient (Wildman–Crippen LogP) is 6.54. The van der Waals surface area contributed by atoms with Gasteiger partial charge in [0.25, 0.3) is 0 Å². The first-order valence-electron chi connectivity index (χ1n) is 10.7. The highest BCUT2D eigenvalue weighted by Crippen LogP contribution is 2.34. The van der Waals surface area contributed by atoms with Crippen molar-refractivity contribution in [1.82, 2.24) is 0 Å². The van der Waals surface area contributed by atoms with E-state index >= 15 is 0 Å².